The molecule has 0 spiro atoms. The van der Waals surface area contributed by atoms with Crippen LogP contribution in [0.1, 0.15) is 18.4 Å². The molecule has 1 saturated heterocycles. The van der Waals surface area contributed by atoms with Crippen LogP contribution in [0.15, 0.2) is 29.2 Å². The fourth-order valence-corrected chi connectivity index (χ4v) is 3.52. The van der Waals surface area contributed by atoms with Crippen LogP contribution in [0.25, 0.3) is 0 Å². The molecule has 23 heavy (non-hydrogen) atoms. The number of nitrogens with one attached hydrogen (secondary N) is 1. The Labute approximate surface area is 142 Å². The highest BCUT2D eigenvalue weighted by Gasteiger charge is 2.26. The average molecular weight is 335 g/mol. The number of hydrogen-bond donors (Lipinski definition) is 2. The quantitative estimate of drug-likeness (QED) is 0.583. The summed E-state index contributed by atoms with van der Waals surface area (Å²) < 4.78 is 0. The first-order valence-corrected chi connectivity index (χ1v) is 9.01. The molecule has 0 aliphatic carbocycles. The molecule has 1 aromatic rings. The zero-order valence-corrected chi connectivity index (χ0v) is 14.4. The highest BCUT2D eigenvalue weighted by atomic mass is 32.2. The fourth-order valence-electron chi connectivity index (χ4n) is 2.76. The molecule has 5 nitrogen and oxygen atoms in total. The van der Waals surface area contributed by atoms with Gasteiger partial charge in [0, 0.05) is 23.7 Å². The Morgan fingerprint density at radius 2 is 2.09 bits per heavy atom. The predicted molar refractivity (Wildman–Crippen MR) is 93.3 cm³/mol. The Kier molecular flexibility index (Phi) is 6.92. The van der Waals surface area contributed by atoms with Gasteiger partial charge in [-0.15, -0.1) is 11.8 Å². The van der Waals surface area contributed by atoms with Crippen LogP contribution in [-0.4, -0.2) is 48.6 Å². The van der Waals surface area contributed by atoms with Crippen LogP contribution in [0.5, 0.6) is 0 Å². The van der Waals surface area contributed by atoms with Gasteiger partial charge in [0.2, 0.25) is 11.8 Å². The molecule has 1 fully saturated rings. The summed E-state index contributed by atoms with van der Waals surface area (Å²) >= 11 is 1.74. The molecule has 1 aliphatic rings. The standard InChI is InChI=1S/C17H25N3O2S/c1-13-4-6-15(7-5-13)23-10-8-19-17(22)14-3-2-9-20(11-14)12-16(18)21/h4-7,14H,2-3,8-12H2,1H3,(H2,18,21)(H,19,22)/t14-/m1/s1. The van der Waals surface area contributed by atoms with E-state index in [1.807, 2.05) is 4.90 Å². The Morgan fingerprint density at radius 3 is 2.78 bits per heavy atom. The van der Waals surface area contributed by atoms with Gasteiger partial charge in [0.1, 0.15) is 0 Å². The number of nitrogens with two attached hydrogens (primary N) is 1. The Hall–Kier alpha value is -1.53. The molecule has 3 N–H and O–H groups in total. The lowest BCUT2D eigenvalue weighted by Crippen LogP contribution is -2.46. The summed E-state index contributed by atoms with van der Waals surface area (Å²) in [5.74, 6) is 0.573. The summed E-state index contributed by atoms with van der Waals surface area (Å²) in [4.78, 5) is 26.4. The monoisotopic (exact) mass is 335 g/mol. The predicted octanol–water partition coefficient (Wildman–Crippen LogP) is 1.40. The number of aryl methyl sites for hydroxylation is 1. The maximum atomic E-state index is 12.2. The van der Waals surface area contributed by atoms with E-state index in [0.717, 1.165) is 25.1 Å². The van der Waals surface area contributed by atoms with Gasteiger partial charge >= 0.3 is 0 Å². The van der Waals surface area contributed by atoms with Crippen molar-refractivity contribution in [3.8, 4) is 0 Å². The van der Waals surface area contributed by atoms with Gasteiger partial charge in [-0.05, 0) is 38.4 Å². The minimum atomic E-state index is -0.333. The minimum Gasteiger partial charge on any atom is -0.369 e. The molecule has 0 unspecified atom stereocenters. The van der Waals surface area contributed by atoms with Crippen LogP contribution in [0, 0.1) is 12.8 Å². The first kappa shape index (κ1) is 17.8. The lowest BCUT2D eigenvalue weighted by Gasteiger charge is -2.30. The third-order valence-corrected chi connectivity index (χ3v) is 4.96. The molecule has 0 radical (unpaired) electrons. The summed E-state index contributed by atoms with van der Waals surface area (Å²) in [6.07, 6.45) is 1.82. The van der Waals surface area contributed by atoms with Crippen molar-refractivity contribution < 1.29 is 9.59 Å². The molecular weight excluding hydrogens is 310 g/mol. The molecular formula is C17H25N3O2S. The average Bonchev–Trinajstić information content (AvgIpc) is 2.52. The second-order valence-corrected chi connectivity index (χ2v) is 7.16. The van der Waals surface area contributed by atoms with E-state index >= 15 is 0 Å². The number of thioether (sulfide) groups is 1. The van der Waals surface area contributed by atoms with Crippen LogP contribution < -0.4 is 11.1 Å². The van der Waals surface area contributed by atoms with Crippen molar-refractivity contribution in [3.63, 3.8) is 0 Å². The summed E-state index contributed by atoms with van der Waals surface area (Å²) in [5.41, 5.74) is 6.47. The van der Waals surface area contributed by atoms with Crippen molar-refractivity contribution in [3.05, 3.63) is 29.8 Å². The van der Waals surface area contributed by atoms with E-state index in [1.54, 1.807) is 11.8 Å². The summed E-state index contributed by atoms with van der Waals surface area (Å²) in [7, 11) is 0. The number of carbonyl (C=O) groups excluding carboxylic acids is 2. The molecule has 1 heterocycles. The molecule has 0 aromatic heterocycles. The van der Waals surface area contributed by atoms with Gasteiger partial charge in [0.25, 0.3) is 0 Å². The Bertz CT molecular complexity index is 533. The number of benzene rings is 1. The van der Waals surface area contributed by atoms with Gasteiger partial charge in [-0.2, -0.15) is 0 Å². The molecule has 2 rings (SSSR count). The van der Waals surface area contributed by atoms with E-state index < -0.39 is 0 Å². The number of rotatable bonds is 7. The second kappa shape index (κ2) is 8.93. The Morgan fingerprint density at radius 1 is 1.35 bits per heavy atom. The maximum absolute atomic E-state index is 12.2. The molecule has 2 amide bonds. The van der Waals surface area contributed by atoms with Crippen molar-refractivity contribution in [2.24, 2.45) is 11.7 Å². The largest absolute Gasteiger partial charge is 0.369 e. The van der Waals surface area contributed by atoms with E-state index in [4.69, 9.17) is 5.73 Å². The number of primary amides is 1. The highest BCUT2D eigenvalue weighted by Crippen LogP contribution is 2.18. The van der Waals surface area contributed by atoms with Crippen LogP contribution in [-0.2, 0) is 9.59 Å². The van der Waals surface area contributed by atoms with Crippen LogP contribution in [0.3, 0.4) is 0 Å². The van der Waals surface area contributed by atoms with Crippen molar-refractivity contribution >= 4 is 23.6 Å². The van der Waals surface area contributed by atoms with E-state index in [9.17, 15) is 9.59 Å². The second-order valence-electron chi connectivity index (χ2n) is 5.99. The van der Waals surface area contributed by atoms with E-state index in [0.29, 0.717) is 13.1 Å². The number of carbonyl (C=O) groups is 2. The zero-order chi connectivity index (χ0) is 16.7. The van der Waals surface area contributed by atoms with Gasteiger partial charge in [-0.1, -0.05) is 17.7 Å². The van der Waals surface area contributed by atoms with E-state index in [-0.39, 0.29) is 24.3 Å². The lowest BCUT2D eigenvalue weighted by molar-refractivity contribution is -0.128. The van der Waals surface area contributed by atoms with Gasteiger partial charge in [0.15, 0.2) is 0 Å². The van der Waals surface area contributed by atoms with Crippen molar-refractivity contribution in [1.82, 2.24) is 10.2 Å². The number of piperidine rings is 1. The number of likely N-dealkylation sites (tertiary alicyclic amines) is 1. The third kappa shape index (κ3) is 6.23. The zero-order valence-electron chi connectivity index (χ0n) is 13.6. The van der Waals surface area contributed by atoms with Crippen molar-refractivity contribution in [2.75, 3.05) is 31.9 Å². The molecule has 1 aliphatic heterocycles. The number of nitrogens with zero attached hydrogens (tertiary/aromatic N) is 1. The topological polar surface area (TPSA) is 75.4 Å². The molecule has 0 saturated carbocycles. The van der Waals surface area contributed by atoms with Crippen LogP contribution in [0.2, 0.25) is 0 Å². The minimum absolute atomic E-state index is 0.0347. The van der Waals surface area contributed by atoms with Gasteiger partial charge < -0.3 is 11.1 Å². The molecule has 1 aromatic carbocycles. The third-order valence-electron chi connectivity index (χ3n) is 3.95. The highest BCUT2D eigenvalue weighted by molar-refractivity contribution is 7.99. The van der Waals surface area contributed by atoms with Crippen molar-refractivity contribution in [2.45, 2.75) is 24.7 Å². The van der Waals surface area contributed by atoms with E-state index in [2.05, 4.69) is 36.5 Å². The fraction of sp³-hybridized carbons (Fsp3) is 0.529. The van der Waals surface area contributed by atoms with Gasteiger partial charge in [-0.25, -0.2) is 0 Å². The molecule has 1 atom stereocenters. The molecule has 6 heteroatoms. The summed E-state index contributed by atoms with van der Waals surface area (Å²) in [6.45, 7) is 4.44. The smallest absolute Gasteiger partial charge is 0.231 e. The summed E-state index contributed by atoms with van der Waals surface area (Å²) in [5, 5.41) is 3.01. The normalized spacial score (nSPS) is 18.6. The van der Waals surface area contributed by atoms with E-state index in [1.165, 1.54) is 10.5 Å². The van der Waals surface area contributed by atoms with Crippen molar-refractivity contribution in [1.29, 1.82) is 0 Å². The first-order valence-electron chi connectivity index (χ1n) is 8.02. The lowest BCUT2D eigenvalue weighted by atomic mass is 9.97. The van der Waals surface area contributed by atoms with Crippen LogP contribution in [0.4, 0.5) is 0 Å². The molecule has 126 valence electrons. The Balaban J connectivity index is 1.67. The number of amides is 2. The van der Waals surface area contributed by atoms with Gasteiger partial charge in [-0.3, -0.25) is 14.5 Å². The SMILES string of the molecule is Cc1ccc(SCCNC(=O)[C@@H]2CCCN(CC(N)=O)C2)cc1. The summed E-state index contributed by atoms with van der Waals surface area (Å²) in [6, 6.07) is 8.39. The maximum Gasteiger partial charge on any atom is 0.231 e. The van der Waals surface area contributed by atoms with Gasteiger partial charge in [0.05, 0.1) is 12.5 Å². The number of hydrogen-bond acceptors (Lipinski definition) is 4. The van der Waals surface area contributed by atoms with Crippen LogP contribution >= 0.6 is 11.8 Å². The first-order chi connectivity index (χ1) is 11.0. The molecule has 0 bridgehead atoms.